The van der Waals surface area contributed by atoms with Gasteiger partial charge in [0.2, 0.25) is 0 Å². The van der Waals surface area contributed by atoms with Gasteiger partial charge < -0.3 is 24.2 Å². The van der Waals surface area contributed by atoms with Crippen LogP contribution in [0.3, 0.4) is 0 Å². The van der Waals surface area contributed by atoms with E-state index in [9.17, 15) is 9.90 Å². The molecule has 0 saturated heterocycles. The van der Waals surface area contributed by atoms with Crippen LogP contribution in [0.25, 0.3) is 11.3 Å². The maximum absolute atomic E-state index is 13.4. The fraction of sp³-hybridized carbons (Fsp3) is 0.360. The van der Waals surface area contributed by atoms with Gasteiger partial charge in [-0.25, -0.2) is 0 Å². The summed E-state index contributed by atoms with van der Waals surface area (Å²) in [7, 11) is 1.60. The largest absolute Gasteiger partial charge is 0.507 e. The molecular formula is C25H28ClN3O5. The standard InChI is InChI=1S/C25H28ClN3O5/c1-5-33-19-8-7-15(12-20(19)34-6-2)24-21-22(16-13-17(26)14(3)11-18(16)30)27-28-23(21)25(31)29(24)9-10-32-4/h7-8,11-13,24,30H,5-6,9-10H2,1-4H3,(H,27,28). The Kier molecular flexibility index (Phi) is 7.00. The molecule has 34 heavy (non-hydrogen) atoms. The first-order valence-corrected chi connectivity index (χ1v) is 11.6. The Bertz CT molecular complexity index is 1210. The van der Waals surface area contributed by atoms with E-state index in [1.54, 1.807) is 24.1 Å². The number of amides is 1. The van der Waals surface area contributed by atoms with Crippen LogP contribution in [0.2, 0.25) is 5.02 Å². The maximum Gasteiger partial charge on any atom is 0.273 e. The molecule has 2 aromatic carbocycles. The van der Waals surface area contributed by atoms with Gasteiger partial charge in [-0.3, -0.25) is 9.89 Å². The van der Waals surface area contributed by atoms with E-state index in [1.807, 2.05) is 39.0 Å². The van der Waals surface area contributed by atoms with Crippen LogP contribution < -0.4 is 9.47 Å². The number of phenols is 1. The fourth-order valence-corrected chi connectivity index (χ4v) is 4.43. The minimum Gasteiger partial charge on any atom is -0.507 e. The third-order valence-corrected chi connectivity index (χ3v) is 6.22. The summed E-state index contributed by atoms with van der Waals surface area (Å²) in [6.07, 6.45) is 0. The van der Waals surface area contributed by atoms with Crippen molar-refractivity contribution in [1.82, 2.24) is 15.1 Å². The first-order valence-electron chi connectivity index (χ1n) is 11.2. The highest BCUT2D eigenvalue weighted by atomic mass is 35.5. The third-order valence-electron chi connectivity index (χ3n) is 5.82. The number of rotatable bonds is 9. The Morgan fingerprint density at radius 2 is 1.88 bits per heavy atom. The number of aromatic nitrogens is 2. The van der Waals surface area contributed by atoms with Gasteiger partial charge in [0.25, 0.3) is 5.91 Å². The highest BCUT2D eigenvalue weighted by Crippen LogP contribution is 2.46. The van der Waals surface area contributed by atoms with Crippen LogP contribution in [0.15, 0.2) is 30.3 Å². The van der Waals surface area contributed by atoms with E-state index in [1.165, 1.54) is 0 Å². The van der Waals surface area contributed by atoms with Crippen molar-refractivity contribution >= 4 is 17.5 Å². The monoisotopic (exact) mass is 485 g/mol. The number of aromatic amines is 1. The quantitative estimate of drug-likeness (QED) is 0.454. The molecule has 0 saturated carbocycles. The molecule has 1 aliphatic heterocycles. The Morgan fingerprint density at radius 1 is 1.15 bits per heavy atom. The molecule has 2 heterocycles. The van der Waals surface area contributed by atoms with Crippen molar-refractivity contribution in [3.05, 3.63) is 57.7 Å². The molecule has 180 valence electrons. The number of aromatic hydroxyl groups is 1. The summed E-state index contributed by atoms with van der Waals surface area (Å²) in [4.78, 5) is 15.1. The molecule has 1 aliphatic rings. The predicted molar refractivity (Wildman–Crippen MR) is 129 cm³/mol. The lowest BCUT2D eigenvalue weighted by atomic mass is 9.95. The van der Waals surface area contributed by atoms with Crippen molar-refractivity contribution in [3.63, 3.8) is 0 Å². The number of phenolic OH excluding ortho intramolecular Hbond substituents is 1. The lowest BCUT2D eigenvalue weighted by molar-refractivity contribution is 0.0677. The molecule has 0 aliphatic carbocycles. The average Bonchev–Trinajstić information content (AvgIpc) is 3.35. The van der Waals surface area contributed by atoms with Crippen LogP contribution in [0, 0.1) is 6.92 Å². The molecule has 8 nitrogen and oxygen atoms in total. The van der Waals surface area contributed by atoms with Crippen molar-refractivity contribution in [2.24, 2.45) is 0 Å². The van der Waals surface area contributed by atoms with Crippen molar-refractivity contribution in [3.8, 4) is 28.5 Å². The number of hydrogen-bond donors (Lipinski definition) is 2. The van der Waals surface area contributed by atoms with Gasteiger partial charge in [-0.05, 0) is 56.2 Å². The third kappa shape index (κ3) is 4.19. The van der Waals surface area contributed by atoms with Crippen molar-refractivity contribution in [2.75, 3.05) is 33.5 Å². The van der Waals surface area contributed by atoms with Crippen molar-refractivity contribution in [2.45, 2.75) is 26.8 Å². The molecular weight excluding hydrogens is 458 g/mol. The zero-order valence-electron chi connectivity index (χ0n) is 19.6. The number of benzene rings is 2. The molecule has 1 amide bonds. The zero-order valence-corrected chi connectivity index (χ0v) is 20.4. The highest BCUT2D eigenvalue weighted by Gasteiger charge is 2.42. The number of nitrogens with one attached hydrogen (secondary N) is 1. The van der Waals surface area contributed by atoms with Gasteiger partial charge in [-0.2, -0.15) is 5.10 Å². The number of methoxy groups -OCH3 is 1. The Labute approximate surface area is 203 Å². The van der Waals surface area contributed by atoms with Gasteiger partial charge in [-0.1, -0.05) is 17.7 Å². The minimum absolute atomic E-state index is 0.0411. The maximum atomic E-state index is 13.4. The Hall–Kier alpha value is -3.23. The van der Waals surface area contributed by atoms with Crippen molar-refractivity contribution < 1.29 is 24.1 Å². The van der Waals surface area contributed by atoms with Gasteiger partial charge in [0, 0.05) is 29.8 Å². The van der Waals surface area contributed by atoms with Crippen LogP contribution in [0.1, 0.15) is 47.1 Å². The predicted octanol–water partition coefficient (Wildman–Crippen LogP) is 4.73. The number of H-pyrrole nitrogens is 1. The highest BCUT2D eigenvalue weighted by molar-refractivity contribution is 6.31. The van der Waals surface area contributed by atoms with E-state index in [4.69, 9.17) is 25.8 Å². The number of hydrogen-bond acceptors (Lipinski definition) is 6. The van der Waals surface area contributed by atoms with Gasteiger partial charge in [-0.15, -0.1) is 0 Å². The van der Waals surface area contributed by atoms with E-state index < -0.39 is 6.04 Å². The van der Waals surface area contributed by atoms with Crippen LogP contribution in [-0.4, -0.2) is 59.6 Å². The van der Waals surface area contributed by atoms with Gasteiger partial charge in [0.05, 0.1) is 25.9 Å². The van der Waals surface area contributed by atoms with E-state index in [2.05, 4.69) is 10.2 Å². The van der Waals surface area contributed by atoms with Gasteiger partial charge in [0.1, 0.15) is 17.1 Å². The molecule has 0 bridgehead atoms. The molecule has 0 fully saturated rings. The van der Waals surface area contributed by atoms with E-state index in [0.29, 0.717) is 65.4 Å². The second-order valence-corrected chi connectivity index (χ2v) is 8.35. The molecule has 4 rings (SSSR count). The van der Waals surface area contributed by atoms with E-state index >= 15 is 0 Å². The van der Waals surface area contributed by atoms with Crippen LogP contribution in [0.5, 0.6) is 17.2 Å². The molecule has 0 spiro atoms. The summed E-state index contributed by atoms with van der Waals surface area (Å²) in [5, 5.41) is 18.5. The SMILES string of the molecule is CCOc1ccc(C2c3c(-c4cc(Cl)c(C)cc4O)n[nH]c3C(=O)N2CCOC)cc1OCC. The summed E-state index contributed by atoms with van der Waals surface area (Å²) in [5.74, 6) is 1.08. The minimum atomic E-state index is -0.472. The zero-order chi connectivity index (χ0) is 24.4. The van der Waals surface area contributed by atoms with Crippen molar-refractivity contribution in [1.29, 1.82) is 0 Å². The number of carbonyl (C=O) groups excluding carboxylic acids is 1. The average molecular weight is 486 g/mol. The molecule has 0 radical (unpaired) electrons. The first-order chi connectivity index (χ1) is 16.4. The normalized spacial score (nSPS) is 15.0. The molecule has 2 N–H and O–H groups in total. The topological polar surface area (TPSA) is 96.9 Å². The molecule has 1 unspecified atom stereocenters. The van der Waals surface area contributed by atoms with Crippen LogP contribution >= 0.6 is 11.6 Å². The second-order valence-electron chi connectivity index (χ2n) is 7.95. The lowest BCUT2D eigenvalue weighted by Crippen LogP contribution is -2.32. The second kappa shape index (κ2) is 9.95. The summed E-state index contributed by atoms with van der Waals surface area (Å²) in [6, 6.07) is 8.45. The first kappa shape index (κ1) is 23.9. The summed E-state index contributed by atoms with van der Waals surface area (Å²) >= 11 is 6.36. The van der Waals surface area contributed by atoms with E-state index in [-0.39, 0.29) is 11.7 Å². The smallest absolute Gasteiger partial charge is 0.273 e. The number of aryl methyl sites for hydroxylation is 1. The molecule has 1 aromatic heterocycles. The summed E-state index contributed by atoms with van der Waals surface area (Å²) in [5.41, 5.74) is 3.55. The fourth-order valence-electron chi connectivity index (χ4n) is 4.26. The molecule has 1 atom stereocenters. The van der Waals surface area contributed by atoms with Crippen LogP contribution in [0.4, 0.5) is 0 Å². The summed E-state index contributed by atoms with van der Waals surface area (Å²) in [6.45, 7) is 7.35. The number of carbonyl (C=O) groups is 1. The number of ether oxygens (including phenoxy) is 3. The van der Waals surface area contributed by atoms with Crippen LogP contribution in [-0.2, 0) is 4.74 Å². The Balaban J connectivity index is 1.89. The Morgan fingerprint density at radius 3 is 2.59 bits per heavy atom. The lowest BCUT2D eigenvalue weighted by Gasteiger charge is -2.27. The van der Waals surface area contributed by atoms with Gasteiger partial charge in [0.15, 0.2) is 11.5 Å². The van der Waals surface area contributed by atoms with E-state index in [0.717, 1.165) is 11.1 Å². The molecule has 3 aromatic rings. The number of nitrogens with zero attached hydrogens (tertiary/aromatic N) is 2. The number of fused-ring (bicyclic) bond motifs is 1. The summed E-state index contributed by atoms with van der Waals surface area (Å²) < 4.78 is 16.8. The number of halogens is 1. The molecule has 9 heteroatoms. The van der Waals surface area contributed by atoms with Gasteiger partial charge >= 0.3 is 0 Å².